The molecule has 1 aromatic carbocycles. The zero-order chi connectivity index (χ0) is 15.2. The van der Waals surface area contributed by atoms with Crippen LogP contribution in [0.15, 0.2) is 30.9 Å². The molecule has 0 spiro atoms. The third kappa shape index (κ3) is 3.19. The van der Waals surface area contributed by atoms with Gasteiger partial charge in [-0.1, -0.05) is 6.07 Å². The Balaban J connectivity index is 0.000000161. The van der Waals surface area contributed by atoms with Crippen LogP contribution >= 0.6 is 0 Å². The minimum atomic E-state index is -1.00. The van der Waals surface area contributed by atoms with E-state index in [-0.39, 0.29) is 5.56 Å². The van der Waals surface area contributed by atoms with Gasteiger partial charge in [0.25, 0.3) is 0 Å². The number of benzene rings is 1. The molecule has 0 fully saturated rings. The lowest BCUT2D eigenvalue weighted by Crippen LogP contribution is -2.14. The van der Waals surface area contributed by atoms with Crippen molar-refractivity contribution in [2.24, 2.45) is 0 Å². The first-order valence-electron chi connectivity index (χ1n) is 6.13. The Bertz CT molecular complexity index is 632. The van der Waals surface area contributed by atoms with Crippen molar-refractivity contribution in [2.45, 2.75) is 6.54 Å². The number of ether oxygens (including phenoxy) is 2. The summed E-state index contributed by atoms with van der Waals surface area (Å²) in [6, 6.07) is 3.98. The molecule has 0 bridgehead atoms. The topological polar surface area (TPSA) is 93.6 Å². The summed E-state index contributed by atoms with van der Waals surface area (Å²) in [5, 5.41) is 11.5. The molecule has 0 unspecified atom stereocenters. The van der Waals surface area contributed by atoms with Gasteiger partial charge in [-0.3, -0.25) is 0 Å². The van der Waals surface area contributed by atoms with E-state index >= 15 is 0 Å². The zero-order valence-electron chi connectivity index (χ0n) is 11.7. The lowest BCUT2D eigenvalue weighted by Gasteiger charge is -2.25. The highest BCUT2D eigenvalue weighted by Crippen LogP contribution is 2.42. The molecule has 2 heterocycles. The summed E-state index contributed by atoms with van der Waals surface area (Å²) < 4.78 is 10.4. The van der Waals surface area contributed by atoms with Crippen molar-refractivity contribution in [2.75, 3.05) is 19.5 Å². The van der Waals surface area contributed by atoms with Gasteiger partial charge in [-0.2, -0.15) is 0 Å². The lowest BCUT2D eigenvalue weighted by atomic mass is 10.1. The van der Waals surface area contributed by atoms with Gasteiger partial charge in [0.15, 0.2) is 11.5 Å². The van der Waals surface area contributed by atoms with E-state index in [2.05, 4.69) is 15.3 Å². The summed E-state index contributed by atoms with van der Waals surface area (Å²) in [6.07, 6.45) is 3.77. The quantitative estimate of drug-likeness (QED) is 0.889. The zero-order valence-corrected chi connectivity index (χ0v) is 11.7. The fraction of sp³-hybridized carbons (Fsp3) is 0.214. The molecule has 1 aliphatic rings. The van der Waals surface area contributed by atoms with E-state index in [1.165, 1.54) is 24.3 Å². The minimum Gasteiger partial charge on any atom is -0.493 e. The largest absolute Gasteiger partial charge is 0.493 e. The van der Waals surface area contributed by atoms with Gasteiger partial charge in [-0.05, 0) is 11.6 Å². The van der Waals surface area contributed by atoms with Crippen molar-refractivity contribution in [3.63, 3.8) is 0 Å². The van der Waals surface area contributed by atoms with Gasteiger partial charge >= 0.3 is 5.97 Å². The average molecular weight is 289 g/mol. The summed E-state index contributed by atoms with van der Waals surface area (Å²) in [7, 11) is 3.29. The highest BCUT2D eigenvalue weighted by molar-refractivity contribution is 5.86. The Hall–Kier alpha value is -2.83. The molecule has 1 aromatic heterocycles. The van der Waals surface area contributed by atoms with Crippen LogP contribution in [0.4, 0.5) is 5.69 Å². The van der Waals surface area contributed by atoms with Crippen LogP contribution in [-0.2, 0) is 6.54 Å². The summed E-state index contributed by atoms with van der Waals surface area (Å²) in [5.74, 6) is 0.584. The Morgan fingerprint density at radius 3 is 2.38 bits per heavy atom. The number of anilines is 1. The molecule has 0 atom stereocenters. The van der Waals surface area contributed by atoms with E-state index < -0.39 is 5.97 Å². The summed E-state index contributed by atoms with van der Waals surface area (Å²) in [4.78, 5) is 17.1. The number of carbonyl (C=O) groups is 1. The molecule has 0 saturated heterocycles. The Labute approximate surface area is 121 Å². The standard InChI is InChI=1S/C9H11NO2.C5H4N2O2/c1-11-7-4-3-6-5-10-8(6)9(7)12-2;8-5(9)4-1-6-3-7-2-4/h3-4,10H,5H2,1-2H3;1-3H,(H,8,9). The molecule has 2 aromatic rings. The molecule has 0 saturated carbocycles. The third-order valence-corrected chi connectivity index (χ3v) is 2.90. The van der Waals surface area contributed by atoms with Crippen molar-refractivity contribution >= 4 is 11.7 Å². The number of hydrogen-bond donors (Lipinski definition) is 2. The van der Waals surface area contributed by atoms with Gasteiger partial charge in [0.2, 0.25) is 0 Å². The number of carboxylic acid groups (broad SMARTS) is 1. The maximum Gasteiger partial charge on any atom is 0.338 e. The van der Waals surface area contributed by atoms with E-state index in [9.17, 15) is 4.79 Å². The highest BCUT2D eigenvalue weighted by atomic mass is 16.5. The fourth-order valence-electron chi connectivity index (χ4n) is 1.80. The van der Waals surface area contributed by atoms with Gasteiger partial charge in [-0.15, -0.1) is 0 Å². The number of aromatic nitrogens is 2. The molecule has 2 N–H and O–H groups in total. The molecule has 110 valence electrons. The first-order chi connectivity index (χ1) is 10.2. The second kappa shape index (κ2) is 6.56. The van der Waals surface area contributed by atoms with Crippen LogP contribution in [0.25, 0.3) is 0 Å². The van der Waals surface area contributed by atoms with E-state index in [0.717, 1.165) is 23.7 Å². The number of fused-ring (bicyclic) bond motifs is 1. The van der Waals surface area contributed by atoms with Crippen LogP contribution in [-0.4, -0.2) is 35.3 Å². The van der Waals surface area contributed by atoms with E-state index in [4.69, 9.17) is 14.6 Å². The average Bonchev–Trinajstić information content (AvgIpc) is 2.49. The van der Waals surface area contributed by atoms with Crippen molar-refractivity contribution in [1.29, 1.82) is 0 Å². The summed E-state index contributed by atoms with van der Waals surface area (Å²) >= 11 is 0. The predicted molar refractivity (Wildman–Crippen MR) is 75.9 cm³/mol. The van der Waals surface area contributed by atoms with Gasteiger partial charge < -0.3 is 19.9 Å². The van der Waals surface area contributed by atoms with Gasteiger partial charge in [0.1, 0.15) is 6.33 Å². The molecule has 7 heteroatoms. The Morgan fingerprint density at radius 1 is 1.24 bits per heavy atom. The van der Waals surface area contributed by atoms with Crippen LogP contribution in [0.2, 0.25) is 0 Å². The number of rotatable bonds is 3. The van der Waals surface area contributed by atoms with Crippen LogP contribution < -0.4 is 14.8 Å². The van der Waals surface area contributed by atoms with Crippen molar-refractivity contribution in [3.8, 4) is 11.5 Å². The molecule has 0 radical (unpaired) electrons. The number of aromatic carboxylic acids is 1. The van der Waals surface area contributed by atoms with Gasteiger partial charge in [0.05, 0.1) is 25.5 Å². The second-order valence-electron chi connectivity index (χ2n) is 4.12. The number of carboxylic acids is 1. The van der Waals surface area contributed by atoms with Crippen molar-refractivity contribution < 1.29 is 19.4 Å². The molecular weight excluding hydrogens is 274 g/mol. The minimum absolute atomic E-state index is 0.109. The van der Waals surface area contributed by atoms with Crippen LogP contribution in [0.3, 0.4) is 0 Å². The Kier molecular flexibility index (Phi) is 4.55. The van der Waals surface area contributed by atoms with Crippen molar-refractivity contribution in [1.82, 2.24) is 9.97 Å². The maximum absolute atomic E-state index is 10.1. The monoisotopic (exact) mass is 289 g/mol. The molecule has 0 amide bonds. The SMILES string of the molecule is COc1ccc2c(c1OC)NC2.O=C(O)c1cncnc1. The molecule has 0 aliphatic carbocycles. The van der Waals surface area contributed by atoms with E-state index in [0.29, 0.717) is 0 Å². The molecule has 1 aliphatic heterocycles. The Morgan fingerprint density at radius 2 is 1.95 bits per heavy atom. The fourth-order valence-corrected chi connectivity index (χ4v) is 1.80. The number of nitrogens with zero attached hydrogens (tertiary/aromatic N) is 2. The smallest absolute Gasteiger partial charge is 0.338 e. The highest BCUT2D eigenvalue weighted by Gasteiger charge is 2.20. The van der Waals surface area contributed by atoms with Crippen LogP contribution in [0, 0.1) is 0 Å². The maximum atomic E-state index is 10.1. The normalized spacial score (nSPS) is 11.0. The first kappa shape index (κ1) is 14.6. The van der Waals surface area contributed by atoms with Gasteiger partial charge in [0, 0.05) is 18.9 Å². The van der Waals surface area contributed by atoms with E-state index in [1.807, 2.05) is 12.1 Å². The van der Waals surface area contributed by atoms with Crippen molar-refractivity contribution in [3.05, 3.63) is 42.0 Å². The number of hydrogen-bond acceptors (Lipinski definition) is 6. The predicted octanol–water partition coefficient (Wildman–Crippen LogP) is 1.80. The summed E-state index contributed by atoms with van der Waals surface area (Å²) in [5.41, 5.74) is 2.46. The molecule has 3 rings (SSSR count). The number of methoxy groups -OCH3 is 2. The van der Waals surface area contributed by atoms with Crippen LogP contribution in [0.5, 0.6) is 11.5 Å². The first-order valence-corrected chi connectivity index (χ1v) is 6.13. The van der Waals surface area contributed by atoms with Gasteiger partial charge in [-0.25, -0.2) is 14.8 Å². The third-order valence-electron chi connectivity index (χ3n) is 2.90. The van der Waals surface area contributed by atoms with Crippen LogP contribution in [0.1, 0.15) is 15.9 Å². The molecular formula is C14H15N3O4. The second-order valence-corrected chi connectivity index (χ2v) is 4.12. The molecule has 21 heavy (non-hydrogen) atoms. The molecule has 7 nitrogen and oxygen atoms in total. The summed E-state index contributed by atoms with van der Waals surface area (Å²) in [6.45, 7) is 0.926. The van der Waals surface area contributed by atoms with E-state index in [1.54, 1.807) is 14.2 Å². The number of nitrogens with one attached hydrogen (secondary N) is 1. The lowest BCUT2D eigenvalue weighted by molar-refractivity contribution is 0.0696.